The Labute approximate surface area is 87.1 Å². The zero-order valence-corrected chi connectivity index (χ0v) is 8.51. The molecular formula is C11H14F3N. The first-order chi connectivity index (χ1) is 6.92. The van der Waals surface area contributed by atoms with Crippen LogP contribution in [0.15, 0.2) is 24.3 Å². The van der Waals surface area contributed by atoms with E-state index in [0.717, 1.165) is 12.0 Å². The molecule has 0 unspecified atom stereocenters. The van der Waals surface area contributed by atoms with Gasteiger partial charge in [0.15, 0.2) is 0 Å². The number of alkyl halides is 3. The zero-order valence-electron chi connectivity index (χ0n) is 8.51. The minimum absolute atomic E-state index is 0.532. The largest absolute Gasteiger partial charge is 0.390 e. The summed E-state index contributed by atoms with van der Waals surface area (Å²) in [5.41, 5.74) is 7.08. The van der Waals surface area contributed by atoms with Crippen molar-refractivity contribution < 1.29 is 13.2 Å². The lowest BCUT2D eigenvalue weighted by atomic mass is 10.0. The van der Waals surface area contributed by atoms with Gasteiger partial charge in [0.25, 0.3) is 0 Å². The van der Waals surface area contributed by atoms with Gasteiger partial charge in [-0.15, -0.1) is 0 Å². The quantitative estimate of drug-likeness (QED) is 0.826. The van der Waals surface area contributed by atoms with Gasteiger partial charge in [0.05, 0.1) is 6.42 Å². The second-order valence-electron chi connectivity index (χ2n) is 3.52. The topological polar surface area (TPSA) is 26.0 Å². The standard InChI is InChI=1S/C11H14F3N/c1-2-8-3-5-9(6-4-8)10(15)7-11(12,13)14/h3-6,10H,2,7,15H2,1H3/t10-/m0/s1. The Morgan fingerprint density at radius 2 is 1.73 bits per heavy atom. The van der Waals surface area contributed by atoms with E-state index >= 15 is 0 Å². The number of halogens is 3. The van der Waals surface area contributed by atoms with E-state index in [2.05, 4.69) is 0 Å². The van der Waals surface area contributed by atoms with Crippen molar-refractivity contribution in [1.29, 1.82) is 0 Å². The first-order valence-corrected chi connectivity index (χ1v) is 4.83. The molecule has 0 aliphatic heterocycles. The van der Waals surface area contributed by atoms with Gasteiger partial charge in [-0.1, -0.05) is 31.2 Å². The molecule has 1 nitrogen and oxygen atoms in total. The molecule has 0 aliphatic rings. The van der Waals surface area contributed by atoms with Gasteiger partial charge < -0.3 is 5.73 Å². The summed E-state index contributed by atoms with van der Waals surface area (Å²) < 4.78 is 36.2. The van der Waals surface area contributed by atoms with Crippen LogP contribution in [0.3, 0.4) is 0 Å². The summed E-state index contributed by atoms with van der Waals surface area (Å²) in [5.74, 6) is 0. The number of hydrogen-bond acceptors (Lipinski definition) is 1. The fourth-order valence-corrected chi connectivity index (χ4v) is 1.37. The maximum absolute atomic E-state index is 12.1. The average molecular weight is 217 g/mol. The normalized spacial score (nSPS) is 13.9. The smallest absolute Gasteiger partial charge is 0.324 e. The fraction of sp³-hybridized carbons (Fsp3) is 0.455. The molecule has 0 amide bonds. The molecule has 0 heterocycles. The second kappa shape index (κ2) is 4.66. The minimum atomic E-state index is -4.21. The highest BCUT2D eigenvalue weighted by molar-refractivity contribution is 5.24. The van der Waals surface area contributed by atoms with Crippen LogP contribution < -0.4 is 5.73 Å². The summed E-state index contributed by atoms with van der Waals surface area (Å²) in [6, 6.07) is 5.98. The van der Waals surface area contributed by atoms with Gasteiger partial charge in [-0.25, -0.2) is 0 Å². The molecule has 4 heteroatoms. The molecule has 15 heavy (non-hydrogen) atoms. The lowest BCUT2D eigenvalue weighted by Crippen LogP contribution is -2.20. The fourth-order valence-electron chi connectivity index (χ4n) is 1.37. The molecule has 0 saturated heterocycles. The number of aryl methyl sites for hydroxylation is 1. The average Bonchev–Trinajstić information content (AvgIpc) is 2.15. The molecule has 1 rings (SSSR count). The summed E-state index contributed by atoms with van der Waals surface area (Å²) >= 11 is 0. The molecule has 0 saturated carbocycles. The first-order valence-electron chi connectivity index (χ1n) is 4.83. The number of benzene rings is 1. The van der Waals surface area contributed by atoms with Gasteiger partial charge in [-0.3, -0.25) is 0 Å². The third-order valence-electron chi connectivity index (χ3n) is 2.27. The van der Waals surface area contributed by atoms with Gasteiger partial charge in [-0.2, -0.15) is 13.2 Å². The van der Waals surface area contributed by atoms with E-state index in [-0.39, 0.29) is 0 Å². The molecule has 0 radical (unpaired) electrons. The van der Waals surface area contributed by atoms with Crippen molar-refractivity contribution in [3.05, 3.63) is 35.4 Å². The number of rotatable bonds is 3. The molecule has 1 atom stereocenters. The summed E-state index contributed by atoms with van der Waals surface area (Å²) in [6.07, 6.45) is -4.31. The molecule has 0 aromatic heterocycles. The molecule has 0 aliphatic carbocycles. The monoisotopic (exact) mass is 217 g/mol. The van der Waals surface area contributed by atoms with Gasteiger partial charge in [0, 0.05) is 6.04 Å². The van der Waals surface area contributed by atoms with E-state index in [1.807, 2.05) is 19.1 Å². The lowest BCUT2D eigenvalue weighted by Gasteiger charge is -2.14. The lowest BCUT2D eigenvalue weighted by molar-refractivity contribution is -0.138. The van der Waals surface area contributed by atoms with E-state index in [1.165, 1.54) is 0 Å². The van der Waals surface area contributed by atoms with Crippen molar-refractivity contribution in [2.24, 2.45) is 5.73 Å². The van der Waals surface area contributed by atoms with Gasteiger partial charge >= 0.3 is 6.18 Å². The maximum atomic E-state index is 12.1. The van der Waals surface area contributed by atoms with Crippen molar-refractivity contribution in [1.82, 2.24) is 0 Å². The second-order valence-corrected chi connectivity index (χ2v) is 3.52. The molecule has 0 spiro atoms. The predicted octanol–water partition coefficient (Wildman–Crippen LogP) is 3.20. The third kappa shape index (κ3) is 3.91. The van der Waals surface area contributed by atoms with Crippen LogP contribution >= 0.6 is 0 Å². The van der Waals surface area contributed by atoms with Crippen LogP contribution in [-0.2, 0) is 6.42 Å². The van der Waals surface area contributed by atoms with Crippen molar-refractivity contribution in [3.63, 3.8) is 0 Å². The van der Waals surface area contributed by atoms with Crippen molar-refractivity contribution >= 4 is 0 Å². The zero-order chi connectivity index (χ0) is 11.5. The maximum Gasteiger partial charge on any atom is 0.390 e. The van der Waals surface area contributed by atoms with Crippen LogP contribution in [0, 0.1) is 0 Å². The molecule has 2 N–H and O–H groups in total. The van der Waals surface area contributed by atoms with E-state index in [0.29, 0.717) is 5.56 Å². The van der Waals surface area contributed by atoms with Crippen LogP contribution in [0.5, 0.6) is 0 Å². The Balaban J connectivity index is 2.70. The van der Waals surface area contributed by atoms with Crippen molar-refractivity contribution in [3.8, 4) is 0 Å². The Bertz CT molecular complexity index is 303. The Morgan fingerprint density at radius 1 is 1.20 bits per heavy atom. The molecular weight excluding hydrogens is 203 g/mol. The summed E-state index contributed by atoms with van der Waals surface area (Å²) in [4.78, 5) is 0. The van der Waals surface area contributed by atoms with Gasteiger partial charge in [0.1, 0.15) is 0 Å². The van der Waals surface area contributed by atoms with E-state index in [4.69, 9.17) is 5.73 Å². The molecule has 0 bridgehead atoms. The Hall–Kier alpha value is -1.03. The van der Waals surface area contributed by atoms with E-state index in [9.17, 15) is 13.2 Å². The third-order valence-corrected chi connectivity index (χ3v) is 2.27. The van der Waals surface area contributed by atoms with Crippen LogP contribution in [0.2, 0.25) is 0 Å². The highest BCUT2D eigenvalue weighted by Crippen LogP contribution is 2.27. The highest BCUT2D eigenvalue weighted by Gasteiger charge is 2.30. The van der Waals surface area contributed by atoms with E-state index < -0.39 is 18.6 Å². The van der Waals surface area contributed by atoms with Crippen LogP contribution in [0.4, 0.5) is 13.2 Å². The molecule has 1 aromatic carbocycles. The van der Waals surface area contributed by atoms with Crippen molar-refractivity contribution in [2.45, 2.75) is 32.0 Å². The Morgan fingerprint density at radius 3 is 2.13 bits per heavy atom. The van der Waals surface area contributed by atoms with Gasteiger partial charge in [-0.05, 0) is 17.5 Å². The Kier molecular flexibility index (Phi) is 3.74. The van der Waals surface area contributed by atoms with Crippen molar-refractivity contribution in [2.75, 3.05) is 0 Å². The molecule has 84 valence electrons. The summed E-state index contributed by atoms with van der Waals surface area (Å²) in [7, 11) is 0. The predicted molar refractivity (Wildman–Crippen MR) is 53.4 cm³/mol. The minimum Gasteiger partial charge on any atom is -0.324 e. The number of hydrogen-bond donors (Lipinski definition) is 1. The first kappa shape index (κ1) is 12.0. The highest BCUT2D eigenvalue weighted by atomic mass is 19.4. The summed E-state index contributed by atoms with van der Waals surface area (Å²) in [6.45, 7) is 1.99. The van der Waals surface area contributed by atoms with Crippen LogP contribution in [0.1, 0.15) is 30.5 Å². The van der Waals surface area contributed by atoms with E-state index in [1.54, 1.807) is 12.1 Å². The van der Waals surface area contributed by atoms with Gasteiger partial charge in [0.2, 0.25) is 0 Å². The SMILES string of the molecule is CCc1ccc([C@@H](N)CC(F)(F)F)cc1. The molecule has 0 fully saturated rings. The number of nitrogens with two attached hydrogens (primary N) is 1. The summed E-state index contributed by atoms with van der Waals surface area (Å²) in [5, 5.41) is 0. The van der Waals surface area contributed by atoms with Crippen LogP contribution in [-0.4, -0.2) is 6.18 Å². The molecule has 1 aromatic rings. The van der Waals surface area contributed by atoms with Crippen LogP contribution in [0.25, 0.3) is 0 Å².